The first-order chi connectivity index (χ1) is 11.1. The highest BCUT2D eigenvalue weighted by Gasteiger charge is 2.25. The van der Waals surface area contributed by atoms with E-state index in [-0.39, 0.29) is 18.1 Å². The van der Waals surface area contributed by atoms with E-state index in [2.05, 4.69) is 4.98 Å². The summed E-state index contributed by atoms with van der Waals surface area (Å²) in [6.45, 7) is 2.60. The van der Waals surface area contributed by atoms with E-state index in [9.17, 15) is 9.18 Å². The van der Waals surface area contributed by atoms with Crippen LogP contribution in [0.1, 0.15) is 16.8 Å². The molecule has 1 aliphatic heterocycles. The van der Waals surface area contributed by atoms with E-state index < -0.39 is 0 Å². The van der Waals surface area contributed by atoms with Crippen molar-refractivity contribution in [3.05, 3.63) is 65.4 Å². The zero-order valence-corrected chi connectivity index (χ0v) is 12.8. The lowest BCUT2D eigenvalue weighted by Crippen LogP contribution is -2.30. The van der Waals surface area contributed by atoms with Gasteiger partial charge in [0.15, 0.2) is 0 Å². The maximum Gasteiger partial charge on any atom is 0.233 e. The molecule has 0 radical (unpaired) electrons. The van der Waals surface area contributed by atoms with Gasteiger partial charge < -0.3 is 9.30 Å². The fourth-order valence-corrected chi connectivity index (χ4v) is 3.21. The van der Waals surface area contributed by atoms with Crippen molar-refractivity contribution < 1.29 is 9.18 Å². The van der Waals surface area contributed by atoms with Crippen LogP contribution in [-0.4, -0.2) is 21.8 Å². The summed E-state index contributed by atoms with van der Waals surface area (Å²) in [6, 6.07) is 8.56. The number of rotatable bonds is 2. The van der Waals surface area contributed by atoms with Crippen molar-refractivity contribution in [3.63, 3.8) is 0 Å². The molecule has 1 aromatic carbocycles. The van der Waals surface area contributed by atoms with Gasteiger partial charge >= 0.3 is 0 Å². The predicted octanol–water partition coefficient (Wildman–Crippen LogP) is 2.91. The van der Waals surface area contributed by atoms with Crippen LogP contribution in [0.3, 0.4) is 0 Å². The number of carbonyl (C=O) groups excluding carboxylic acids is 1. The molecule has 0 spiro atoms. The molecule has 3 heterocycles. The van der Waals surface area contributed by atoms with Gasteiger partial charge in [-0.25, -0.2) is 9.37 Å². The van der Waals surface area contributed by atoms with E-state index in [1.165, 1.54) is 12.1 Å². The van der Waals surface area contributed by atoms with Gasteiger partial charge in [-0.1, -0.05) is 6.07 Å². The number of halogens is 1. The monoisotopic (exact) mass is 309 g/mol. The Morgan fingerprint density at radius 2 is 2.22 bits per heavy atom. The van der Waals surface area contributed by atoms with Crippen LogP contribution in [0.25, 0.3) is 5.65 Å². The minimum Gasteiger partial charge on any atom is -0.311 e. The molecule has 0 saturated heterocycles. The third-order valence-electron chi connectivity index (χ3n) is 4.38. The van der Waals surface area contributed by atoms with Crippen molar-refractivity contribution in [1.82, 2.24) is 9.38 Å². The molecule has 4 nitrogen and oxygen atoms in total. The molecule has 1 aliphatic rings. The molecule has 0 fully saturated rings. The molecule has 5 heteroatoms. The summed E-state index contributed by atoms with van der Waals surface area (Å²) in [4.78, 5) is 18.8. The first-order valence-corrected chi connectivity index (χ1v) is 7.64. The van der Waals surface area contributed by atoms with E-state index in [0.717, 1.165) is 28.2 Å². The predicted molar refractivity (Wildman–Crippen MR) is 86.1 cm³/mol. The van der Waals surface area contributed by atoms with Crippen LogP contribution in [-0.2, 0) is 17.6 Å². The Morgan fingerprint density at radius 1 is 1.35 bits per heavy atom. The Balaban J connectivity index is 1.63. The zero-order valence-electron chi connectivity index (χ0n) is 12.8. The number of amides is 1. The smallest absolute Gasteiger partial charge is 0.233 e. The molecule has 0 atom stereocenters. The maximum atomic E-state index is 13.3. The van der Waals surface area contributed by atoms with Crippen LogP contribution >= 0.6 is 0 Å². The molecule has 116 valence electrons. The number of hydrogen-bond donors (Lipinski definition) is 0. The Bertz CT molecular complexity index is 916. The molecule has 4 rings (SSSR count). The number of pyridine rings is 1. The van der Waals surface area contributed by atoms with Crippen LogP contribution in [0.5, 0.6) is 0 Å². The first-order valence-electron chi connectivity index (χ1n) is 7.64. The second-order valence-electron chi connectivity index (χ2n) is 5.88. The minimum atomic E-state index is -0.254. The van der Waals surface area contributed by atoms with Crippen molar-refractivity contribution in [3.8, 4) is 0 Å². The summed E-state index contributed by atoms with van der Waals surface area (Å²) >= 11 is 0. The van der Waals surface area contributed by atoms with Gasteiger partial charge in [0.2, 0.25) is 5.91 Å². The Morgan fingerprint density at radius 3 is 3.09 bits per heavy atom. The minimum absolute atomic E-state index is 0.0127. The summed E-state index contributed by atoms with van der Waals surface area (Å²) in [6.07, 6.45) is 4.65. The highest BCUT2D eigenvalue weighted by Crippen LogP contribution is 2.29. The van der Waals surface area contributed by atoms with E-state index in [0.29, 0.717) is 13.0 Å². The van der Waals surface area contributed by atoms with Gasteiger partial charge in [0.25, 0.3) is 0 Å². The third-order valence-corrected chi connectivity index (χ3v) is 4.38. The third kappa shape index (κ3) is 2.29. The van der Waals surface area contributed by atoms with Crippen molar-refractivity contribution in [2.75, 3.05) is 11.4 Å². The van der Waals surface area contributed by atoms with Crippen molar-refractivity contribution in [2.45, 2.75) is 19.8 Å². The number of imidazole rings is 1. The summed E-state index contributed by atoms with van der Waals surface area (Å²) in [5, 5.41) is 0. The lowest BCUT2D eigenvalue weighted by molar-refractivity contribution is -0.117. The molecular weight excluding hydrogens is 293 g/mol. The molecule has 0 saturated carbocycles. The second kappa shape index (κ2) is 5.19. The van der Waals surface area contributed by atoms with Gasteiger partial charge in [-0.15, -0.1) is 0 Å². The molecule has 0 bridgehead atoms. The molecule has 1 amide bonds. The van der Waals surface area contributed by atoms with Crippen molar-refractivity contribution >= 4 is 17.2 Å². The van der Waals surface area contributed by atoms with Crippen LogP contribution < -0.4 is 4.90 Å². The van der Waals surface area contributed by atoms with Crippen LogP contribution in [0.15, 0.2) is 42.7 Å². The number of nitrogens with zero attached hydrogens (tertiary/aromatic N) is 3. The quantitative estimate of drug-likeness (QED) is 0.730. The number of aromatic nitrogens is 2. The Labute approximate surface area is 133 Å². The average Bonchev–Trinajstić information content (AvgIpc) is 3.12. The van der Waals surface area contributed by atoms with Crippen LogP contribution in [0.2, 0.25) is 0 Å². The molecule has 0 aliphatic carbocycles. The van der Waals surface area contributed by atoms with Crippen molar-refractivity contribution in [2.24, 2.45) is 0 Å². The highest BCUT2D eigenvalue weighted by atomic mass is 19.1. The van der Waals surface area contributed by atoms with E-state index in [4.69, 9.17) is 0 Å². The van der Waals surface area contributed by atoms with Gasteiger partial charge in [-0.05, 0) is 48.7 Å². The lowest BCUT2D eigenvalue weighted by Gasteiger charge is -2.17. The first kappa shape index (κ1) is 13.9. The number of carbonyl (C=O) groups is 1. The summed E-state index contributed by atoms with van der Waals surface area (Å²) in [5.74, 6) is -0.242. The Kier molecular flexibility index (Phi) is 3.15. The molecule has 23 heavy (non-hydrogen) atoms. The SMILES string of the molecule is Cc1cccn2c(CC(=O)N3CCc4cc(F)ccc43)cnc12. The number of fused-ring (bicyclic) bond motifs is 2. The molecule has 2 aromatic heterocycles. The van der Waals surface area contributed by atoms with Gasteiger partial charge in [0, 0.05) is 24.6 Å². The number of aryl methyl sites for hydroxylation is 1. The fraction of sp³-hybridized carbons (Fsp3) is 0.222. The average molecular weight is 309 g/mol. The second-order valence-corrected chi connectivity index (χ2v) is 5.88. The van der Waals surface area contributed by atoms with Gasteiger partial charge in [0.05, 0.1) is 12.1 Å². The number of benzene rings is 1. The largest absolute Gasteiger partial charge is 0.311 e. The highest BCUT2D eigenvalue weighted by molar-refractivity contribution is 5.96. The van der Waals surface area contributed by atoms with E-state index >= 15 is 0 Å². The standard InChI is InChI=1S/C18H16FN3O/c1-12-3-2-7-21-15(11-20-18(12)21)10-17(23)22-8-6-13-9-14(19)4-5-16(13)22/h2-5,7,9,11H,6,8,10H2,1H3. The normalized spacial score (nSPS) is 13.6. The fourth-order valence-electron chi connectivity index (χ4n) is 3.21. The topological polar surface area (TPSA) is 37.6 Å². The summed E-state index contributed by atoms with van der Waals surface area (Å²) < 4.78 is 15.2. The summed E-state index contributed by atoms with van der Waals surface area (Å²) in [5.41, 5.74) is 4.53. The van der Waals surface area contributed by atoms with Gasteiger partial charge in [-0.2, -0.15) is 0 Å². The van der Waals surface area contributed by atoms with E-state index in [1.54, 1.807) is 17.2 Å². The molecule has 0 unspecified atom stereocenters. The van der Waals surface area contributed by atoms with Crippen LogP contribution in [0.4, 0.5) is 10.1 Å². The number of hydrogen-bond acceptors (Lipinski definition) is 2. The maximum absolute atomic E-state index is 13.3. The van der Waals surface area contributed by atoms with Crippen molar-refractivity contribution in [1.29, 1.82) is 0 Å². The molecular formula is C18H16FN3O. The van der Waals surface area contributed by atoms with Gasteiger partial charge in [-0.3, -0.25) is 4.79 Å². The lowest BCUT2D eigenvalue weighted by atomic mass is 10.1. The molecule has 0 N–H and O–H groups in total. The molecule has 3 aromatic rings. The number of anilines is 1. The van der Waals surface area contributed by atoms with E-state index in [1.807, 2.05) is 29.7 Å². The Hall–Kier alpha value is -2.69. The van der Waals surface area contributed by atoms with Gasteiger partial charge in [0.1, 0.15) is 11.5 Å². The van der Waals surface area contributed by atoms with Crippen LogP contribution in [0, 0.1) is 12.7 Å². The zero-order chi connectivity index (χ0) is 16.0. The summed E-state index contributed by atoms with van der Waals surface area (Å²) in [7, 11) is 0.